The molecule has 20 heavy (non-hydrogen) atoms. The first-order valence-corrected chi connectivity index (χ1v) is 8.72. The molecule has 2 aliphatic heterocycles. The number of nitrogens with one attached hydrogen (secondary N) is 2. The van der Waals surface area contributed by atoms with Gasteiger partial charge in [0.1, 0.15) is 5.62 Å². The van der Waals surface area contributed by atoms with Gasteiger partial charge in [0.25, 0.3) is 0 Å². The van der Waals surface area contributed by atoms with Gasteiger partial charge in [0.2, 0.25) is 0 Å². The summed E-state index contributed by atoms with van der Waals surface area (Å²) in [7, 11) is 2.27. The van der Waals surface area contributed by atoms with E-state index in [0.29, 0.717) is 12.2 Å². The van der Waals surface area contributed by atoms with E-state index < -0.39 is 0 Å². The highest BCUT2D eigenvalue weighted by Gasteiger charge is 2.42. The van der Waals surface area contributed by atoms with Crippen molar-refractivity contribution >= 4 is 11.6 Å². The molecule has 1 saturated carbocycles. The second-order valence-corrected chi connectivity index (χ2v) is 7.24. The molecule has 3 rings (SSSR count). The van der Waals surface area contributed by atoms with Crippen LogP contribution in [0.1, 0.15) is 39.0 Å². The fourth-order valence-electron chi connectivity index (χ4n) is 4.25. The van der Waals surface area contributed by atoms with Gasteiger partial charge in [-0.05, 0) is 25.8 Å². The number of rotatable bonds is 2. The lowest BCUT2D eigenvalue weighted by molar-refractivity contribution is 0.0420. The summed E-state index contributed by atoms with van der Waals surface area (Å²) in [4.78, 5) is 5.29. The molecule has 1 aliphatic carbocycles. The molecule has 4 atom stereocenters. The van der Waals surface area contributed by atoms with E-state index >= 15 is 0 Å². The van der Waals surface area contributed by atoms with Crippen molar-refractivity contribution in [2.75, 3.05) is 26.7 Å². The van der Waals surface area contributed by atoms with Crippen molar-refractivity contribution in [3.63, 3.8) is 0 Å². The number of halogens is 1. The fourth-order valence-corrected chi connectivity index (χ4v) is 4.47. The van der Waals surface area contributed by atoms with Crippen molar-refractivity contribution in [1.29, 1.82) is 0 Å². The summed E-state index contributed by atoms with van der Waals surface area (Å²) >= 11 is 6.31. The normalized spacial score (nSPS) is 41.5. The standard InChI is InChI=1S/C15H29ClN4/c1-3-11-9-19(2)13-8-17-15(16)18-14(13)20(10-11)12-6-4-5-7-12/h11-15,17-18H,3-10H2,1-2H3. The lowest BCUT2D eigenvalue weighted by atomic mass is 10.0. The average molecular weight is 301 g/mol. The Morgan fingerprint density at radius 3 is 2.65 bits per heavy atom. The number of alkyl halides is 1. The Bertz CT molecular complexity index is 321. The Hall–Kier alpha value is 0.130. The van der Waals surface area contributed by atoms with Crippen LogP contribution in [0.15, 0.2) is 0 Å². The molecule has 4 unspecified atom stereocenters. The number of hydrogen-bond donors (Lipinski definition) is 2. The second-order valence-electron chi connectivity index (χ2n) is 6.80. The number of nitrogens with zero attached hydrogens (tertiary/aromatic N) is 2. The highest BCUT2D eigenvalue weighted by molar-refractivity contribution is 6.20. The molecule has 0 aromatic carbocycles. The van der Waals surface area contributed by atoms with E-state index in [1.807, 2.05) is 0 Å². The summed E-state index contributed by atoms with van der Waals surface area (Å²) in [5.41, 5.74) is -0.0910. The fraction of sp³-hybridized carbons (Fsp3) is 1.00. The summed E-state index contributed by atoms with van der Waals surface area (Å²) in [5.74, 6) is 0.779. The third-order valence-corrected chi connectivity index (χ3v) is 5.78. The van der Waals surface area contributed by atoms with Gasteiger partial charge in [0, 0.05) is 25.7 Å². The zero-order valence-corrected chi connectivity index (χ0v) is 13.6. The molecule has 3 fully saturated rings. The van der Waals surface area contributed by atoms with Gasteiger partial charge in [-0.25, -0.2) is 0 Å². The van der Waals surface area contributed by atoms with Gasteiger partial charge in [-0.1, -0.05) is 37.8 Å². The average Bonchev–Trinajstić information content (AvgIpc) is 2.92. The van der Waals surface area contributed by atoms with E-state index in [2.05, 4.69) is 34.4 Å². The van der Waals surface area contributed by atoms with Crippen molar-refractivity contribution in [2.24, 2.45) is 5.92 Å². The van der Waals surface area contributed by atoms with E-state index in [-0.39, 0.29) is 5.62 Å². The largest absolute Gasteiger partial charge is 0.299 e. The van der Waals surface area contributed by atoms with Crippen LogP contribution in [0.4, 0.5) is 0 Å². The lowest BCUT2D eigenvalue weighted by Gasteiger charge is -2.45. The summed E-state index contributed by atoms with van der Waals surface area (Å²) in [6, 6.07) is 1.29. The zero-order chi connectivity index (χ0) is 14.1. The molecule has 4 nitrogen and oxygen atoms in total. The molecule has 0 aromatic heterocycles. The van der Waals surface area contributed by atoms with Crippen LogP contribution in [0.3, 0.4) is 0 Å². The topological polar surface area (TPSA) is 30.5 Å². The number of likely N-dealkylation sites (N-methyl/N-ethyl adjacent to an activating group) is 1. The van der Waals surface area contributed by atoms with Crippen LogP contribution in [0.5, 0.6) is 0 Å². The van der Waals surface area contributed by atoms with Crippen LogP contribution < -0.4 is 10.6 Å². The van der Waals surface area contributed by atoms with Crippen molar-refractivity contribution in [3.05, 3.63) is 0 Å². The van der Waals surface area contributed by atoms with Gasteiger partial charge in [-0.3, -0.25) is 20.4 Å². The van der Waals surface area contributed by atoms with Crippen LogP contribution in [0, 0.1) is 5.92 Å². The summed E-state index contributed by atoms with van der Waals surface area (Å²) in [5, 5.41) is 6.97. The minimum absolute atomic E-state index is 0.0910. The molecule has 116 valence electrons. The van der Waals surface area contributed by atoms with Gasteiger partial charge >= 0.3 is 0 Å². The number of fused-ring (bicyclic) bond motifs is 1. The van der Waals surface area contributed by atoms with E-state index in [9.17, 15) is 0 Å². The summed E-state index contributed by atoms with van der Waals surface area (Å²) in [6.45, 7) is 5.75. The highest BCUT2D eigenvalue weighted by atomic mass is 35.5. The third kappa shape index (κ3) is 3.00. The Balaban J connectivity index is 1.82. The first-order valence-electron chi connectivity index (χ1n) is 8.28. The van der Waals surface area contributed by atoms with Gasteiger partial charge in [0.05, 0.1) is 12.2 Å². The van der Waals surface area contributed by atoms with Gasteiger partial charge in [-0.15, -0.1) is 0 Å². The molecule has 3 aliphatic rings. The van der Waals surface area contributed by atoms with Crippen LogP contribution in [0.25, 0.3) is 0 Å². The Kier molecular flexibility index (Phi) is 4.88. The van der Waals surface area contributed by atoms with Gasteiger partial charge in [0.15, 0.2) is 0 Å². The molecule has 5 heteroatoms. The maximum absolute atomic E-state index is 6.31. The predicted molar refractivity (Wildman–Crippen MR) is 83.7 cm³/mol. The first kappa shape index (κ1) is 15.0. The SMILES string of the molecule is CCC1CN(C)C2CNC(Cl)NC2N(C2CCCC2)C1. The molecule has 0 amide bonds. The van der Waals surface area contributed by atoms with Gasteiger partial charge < -0.3 is 0 Å². The maximum Gasteiger partial charge on any atom is 0.136 e. The molecule has 0 radical (unpaired) electrons. The Labute approximate surface area is 128 Å². The van der Waals surface area contributed by atoms with Crippen LogP contribution in [0.2, 0.25) is 0 Å². The van der Waals surface area contributed by atoms with E-state index in [1.54, 1.807) is 0 Å². The molecule has 2 heterocycles. The molecule has 2 saturated heterocycles. The maximum atomic E-state index is 6.31. The van der Waals surface area contributed by atoms with Crippen molar-refractivity contribution in [3.8, 4) is 0 Å². The minimum atomic E-state index is -0.0910. The molecule has 0 spiro atoms. The molecule has 0 aromatic rings. The summed E-state index contributed by atoms with van der Waals surface area (Å²) in [6.07, 6.45) is 7.20. The second kappa shape index (κ2) is 6.49. The van der Waals surface area contributed by atoms with Crippen LogP contribution in [-0.4, -0.2) is 60.4 Å². The molecule has 0 bridgehead atoms. The zero-order valence-electron chi connectivity index (χ0n) is 12.8. The monoisotopic (exact) mass is 300 g/mol. The van der Waals surface area contributed by atoms with E-state index in [0.717, 1.165) is 18.5 Å². The third-order valence-electron chi connectivity index (χ3n) is 5.50. The number of hydrogen-bond acceptors (Lipinski definition) is 4. The van der Waals surface area contributed by atoms with E-state index in [1.165, 1.54) is 45.2 Å². The van der Waals surface area contributed by atoms with Crippen molar-refractivity contribution < 1.29 is 0 Å². The molecular formula is C15H29ClN4. The van der Waals surface area contributed by atoms with Crippen LogP contribution in [-0.2, 0) is 0 Å². The lowest BCUT2D eigenvalue weighted by Crippen LogP contribution is -2.68. The molecule has 2 N–H and O–H groups in total. The van der Waals surface area contributed by atoms with Crippen LogP contribution >= 0.6 is 11.6 Å². The quantitative estimate of drug-likeness (QED) is 0.599. The summed E-state index contributed by atoms with van der Waals surface area (Å²) < 4.78 is 0. The van der Waals surface area contributed by atoms with E-state index in [4.69, 9.17) is 11.6 Å². The first-order chi connectivity index (χ1) is 9.69. The smallest absolute Gasteiger partial charge is 0.136 e. The predicted octanol–water partition coefficient (Wildman–Crippen LogP) is 1.61. The van der Waals surface area contributed by atoms with Gasteiger partial charge in [-0.2, -0.15) is 0 Å². The highest BCUT2D eigenvalue weighted by Crippen LogP contribution is 2.30. The molecular weight excluding hydrogens is 272 g/mol. The van der Waals surface area contributed by atoms with Crippen molar-refractivity contribution in [1.82, 2.24) is 20.4 Å². The Morgan fingerprint density at radius 1 is 1.20 bits per heavy atom. The minimum Gasteiger partial charge on any atom is -0.299 e. The Morgan fingerprint density at radius 2 is 1.95 bits per heavy atom. The van der Waals surface area contributed by atoms with Crippen molar-refractivity contribution in [2.45, 2.75) is 62.9 Å².